The molecule has 0 aliphatic rings. The molecule has 0 radical (unpaired) electrons. The van der Waals surface area contributed by atoms with Crippen LogP contribution in [0.2, 0.25) is 0 Å². The largest absolute Gasteiger partial charge is 1.00 e. The molecule has 1 rings (SSSR count). The van der Waals surface area contributed by atoms with Crippen LogP contribution in [0, 0.1) is 34.0 Å². The van der Waals surface area contributed by atoms with Gasteiger partial charge in [-0.25, -0.2) is 0 Å². The monoisotopic (exact) mass is 149 g/mol. The van der Waals surface area contributed by atoms with Crippen molar-refractivity contribution in [3.05, 3.63) is 17.2 Å². The number of aromatic nitrogens is 2. The molecule has 5 nitrogen and oxygen atoms in total. The summed E-state index contributed by atoms with van der Waals surface area (Å²) in [5.41, 5.74) is -0.187. The third-order valence-electron chi connectivity index (χ3n) is 0.972. The molecule has 1 aromatic rings. The first-order chi connectivity index (χ1) is 5.31. The molecule has 0 spiro atoms. The van der Waals surface area contributed by atoms with Gasteiger partial charge in [-0.05, 0) is 0 Å². The van der Waals surface area contributed by atoms with Crippen molar-refractivity contribution >= 4 is 0 Å². The van der Waals surface area contributed by atoms with Crippen molar-refractivity contribution in [2.75, 3.05) is 0 Å². The van der Waals surface area contributed by atoms with Gasteiger partial charge in [-0.15, -0.1) is 0 Å². The zero-order valence-corrected chi connectivity index (χ0v) is 6.24. The van der Waals surface area contributed by atoms with Gasteiger partial charge in [0.15, 0.2) is 0 Å². The Morgan fingerprint density at radius 1 is 1.08 bits per heavy atom. The Morgan fingerprint density at radius 2 is 1.75 bits per heavy atom. The standard InChI is InChI=1S/C6N5.Li/c7-1-4-5(2-8)11-6(3-9)10-4;/q-1;+1. The second-order valence-electron chi connectivity index (χ2n) is 1.58. The van der Waals surface area contributed by atoms with Gasteiger partial charge < -0.3 is 9.97 Å². The number of imidazole rings is 1. The van der Waals surface area contributed by atoms with Crippen LogP contribution >= 0.6 is 0 Å². The smallest absolute Gasteiger partial charge is 0.417 e. The molecule has 0 saturated heterocycles. The van der Waals surface area contributed by atoms with Gasteiger partial charge in [0.25, 0.3) is 0 Å². The third kappa shape index (κ3) is 1.65. The van der Waals surface area contributed by atoms with E-state index in [1.54, 1.807) is 18.2 Å². The van der Waals surface area contributed by atoms with Crippen molar-refractivity contribution in [1.29, 1.82) is 15.8 Å². The molecule has 0 amide bonds. The van der Waals surface area contributed by atoms with Gasteiger partial charge in [0.1, 0.15) is 0 Å². The van der Waals surface area contributed by atoms with Gasteiger partial charge in [-0.3, -0.25) is 0 Å². The second-order valence-corrected chi connectivity index (χ2v) is 1.58. The van der Waals surface area contributed by atoms with E-state index < -0.39 is 0 Å². The average molecular weight is 149 g/mol. The maximum absolute atomic E-state index is 8.35. The van der Waals surface area contributed by atoms with E-state index in [-0.39, 0.29) is 36.1 Å². The Labute approximate surface area is 80.4 Å². The van der Waals surface area contributed by atoms with Crippen LogP contribution in [0.15, 0.2) is 0 Å². The topological polar surface area (TPSA) is 98.4 Å². The van der Waals surface area contributed by atoms with Crippen LogP contribution in [0.1, 0.15) is 17.2 Å². The van der Waals surface area contributed by atoms with Crippen LogP contribution in [0.5, 0.6) is 0 Å². The van der Waals surface area contributed by atoms with Gasteiger partial charge in [-0.2, -0.15) is 15.8 Å². The number of rotatable bonds is 0. The summed E-state index contributed by atoms with van der Waals surface area (Å²) in [4.78, 5) is 6.92. The Bertz CT molecular complexity index is 368. The predicted octanol–water partition coefficient (Wildman–Crippen LogP) is -3.34. The maximum atomic E-state index is 8.35. The molecule has 0 unspecified atom stereocenters. The molecule has 12 heavy (non-hydrogen) atoms. The van der Waals surface area contributed by atoms with E-state index in [0.717, 1.165) is 0 Å². The molecule has 0 N–H and O–H groups in total. The second kappa shape index (κ2) is 4.22. The summed E-state index contributed by atoms with van der Waals surface area (Å²) < 4.78 is 0. The molecule has 50 valence electrons. The summed E-state index contributed by atoms with van der Waals surface area (Å²) in [6.07, 6.45) is 0. The van der Waals surface area contributed by atoms with Crippen LogP contribution < -0.4 is 23.8 Å². The number of hydrogen-bond donors (Lipinski definition) is 0. The van der Waals surface area contributed by atoms with E-state index in [2.05, 4.69) is 9.97 Å². The van der Waals surface area contributed by atoms with Crippen molar-refractivity contribution in [2.24, 2.45) is 0 Å². The SMILES string of the molecule is N#Cc1nc(C#N)c(C#N)[n-]1.[Li+]. The fraction of sp³-hybridized carbons (Fsp3) is 0. The van der Waals surface area contributed by atoms with Crippen LogP contribution in [0.4, 0.5) is 0 Å². The first-order valence-corrected chi connectivity index (χ1v) is 2.57. The molecule has 0 saturated carbocycles. The van der Waals surface area contributed by atoms with E-state index in [1.165, 1.54) is 0 Å². The first-order valence-electron chi connectivity index (χ1n) is 2.57. The zero-order chi connectivity index (χ0) is 8.27. The summed E-state index contributed by atoms with van der Waals surface area (Å²) in [6, 6.07) is 4.94. The molecular formula is C6LiN5. The van der Waals surface area contributed by atoms with Crippen molar-refractivity contribution in [3.8, 4) is 18.2 Å². The van der Waals surface area contributed by atoms with Gasteiger partial charge in [0.2, 0.25) is 0 Å². The molecule has 1 heterocycles. The quantitative estimate of drug-likeness (QED) is 0.359. The van der Waals surface area contributed by atoms with Gasteiger partial charge in [0.05, 0.1) is 29.6 Å². The van der Waals surface area contributed by atoms with Gasteiger partial charge >= 0.3 is 18.9 Å². The zero-order valence-electron chi connectivity index (χ0n) is 6.24. The van der Waals surface area contributed by atoms with Crippen molar-refractivity contribution in [1.82, 2.24) is 9.97 Å². The van der Waals surface area contributed by atoms with Crippen LogP contribution in [0.25, 0.3) is 0 Å². The number of nitrogens with zero attached hydrogens (tertiary/aromatic N) is 5. The third-order valence-corrected chi connectivity index (χ3v) is 0.972. The molecule has 0 atom stereocenters. The van der Waals surface area contributed by atoms with E-state index in [0.29, 0.717) is 0 Å². The van der Waals surface area contributed by atoms with E-state index in [1.807, 2.05) is 0 Å². The van der Waals surface area contributed by atoms with Crippen LogP contribution in [-0.2, 0) is 0 Å². The molecule has 0 aromatic carbocycles. The summed E-state index contributed by atoms with van der Waals surface area (Å²) in [6.45, 7) is 0. The molecule has 1 aromatic heterocycles. The molecule has 0 fully saturated rings. The van der Waals surface area contributed by atoms with Crippen molar-refractivity contribution in [3.63, 3.8) is 0 Å². The molecule has 0 bridgehead atoms. The Hall–Kier alpha value is -1.72. The number of nitriles is 3. The molecule has 6 heteroatoms. The molecular weight excluding hydrogens is 149 g/mol. The van der Waals surface area contributed by atoms with Crippen LogP contribution in [-0.4, -0.2) is 4.98 Å². The van der Waals surface area contributed by atoms with Crippen molar-refractivity contribution in [2.45, 2.75) is 0 Å². The van der Waals surface area contributed by atoms with E-state index >= 15 is 0 Å². The summed E-state index contributed by atoms with van der Waals surface area (Å²) in [7, 11) is 0. The maximum Gasteiger partial charge on any atom is 1.00 e. The van der Waals surface area contributed by atoms with Crippen LogP contribution in [0.3, 0.4) is 0 Å². The summed E-state index contributed by atoms with van der Waals surface area (Å²) in [5, 5.41) is 25.0. The van der Waals surface area contributed by atoms with E-state index in [4.69, 9.17) is 15.8 Å². The van der Waals surface area contributed by atoms with E-state index in [9.17, 15) is 0 Å². The Morgan fingerprint density at radius 3 is 2.08 bits per heavy atom. The van der Waals surface area contributed by atoms with Gasteiger partial charge in [0, 0.05) is 5.82 Å². The fourth-order valence-corrected chi connectivity index (χ4v) is 0.549. The van der Waals surface area contributed by atoms with Crippen molar-refractivity contribution < 1.29 is 18.9 Å². The Balaban J connectivity index is 0.00000121. The predicted molar refractivity (Wildman–Crippen MR) is 31.7 cm³/mol. The number of hydrogen-bond acceptors (Lipinski definition) is 4. The minimum Gasteiger partial charge on any atom is -0.417 e. The minimum atomic E-state index is -0.141. The minimum absolute atomic E-state index is 0. The first kappa shape index (κ1) is 10.3. The Kier molecular flexibility index (Phi) is 3.61. The molecule has 0 aliphatic carbocycles. The van der Waals surface area contributed by atoms with Gasteiger partial charge in [-0.1, -0.05) is 0 Å². The summed E-state index contributed by atoms with van der Waals surface area (Å²) >= 11 is 0. The summed E-state index contributed by atoms with van der Waals surface area (Å²) in [5.74, 6) is -0.141. The molecule has 0 aliphatic heterocycles. The normalized spacial score (nSPS) is 7.08. The fourth-order valence-electron chi connectivity index (χ4n) is 0.549. The average Bonchev–Trinajstić information content (AvgIpc) is 2.46.